The van der Waals surface area contributed by atoms with Gasteiger partial charge in [0.25, 0.3) is 0 Å². The molecule has 0 radical (unpaired) electrons. The van der Waals surface area contributed by atoms with E-state index in [4.69, 9.17) is 4.74 Å². The summed E-state index contributed by atoms with van der Waals surface area (Å²) in [5.41, 5.74) is 1.77. The third-order valence-corrected chi connectivity index (χ3v) is 6.94. The number of aliphatic hydroxyl groups is 1. The first-order chi connectivity index (χ1) is 10.7. The lowest BCUT2D eigenvalue weighted by molar-refractivity contribution is -0.164. The third kappa shape index (κ3) is 1.94. The summed E-state index contributed by atoms with van der Waals surface area (Å²) in [4.78, 5) is 24.0. The van der Waals surface area contributed by atoms with Gasteiger partial charge in [0.2, 0.25) is 0 Å². The molecule has 4 heteroatoms. The van der Waals surface area contributed by atoms with Gasteiger partial charge < -0.3 is 9.84 Å². The van der Waals surface area contributed by atoms with Crippen molar-refractivity contribution in [2.75, 3.05) is 0 Å². The van der Waals surface area contributed by atoms with Crippen molar-refractivity contribution in [2.45, 2.75) is 58.7 Å². The Morgan fingerprint density at radius 1 is 1.22 bits per heavy atom. The minimum Gasteiger partial charge on any atom is -0.454 e. The quantitative estimate of drug-likeness (QED) is 0.698. The Bertz CT molecular complexity index is 656. The third-order valence-electron chi connectivity index (χ3n) is 6.94. The molecule has 0 aromatic rings. The highest BCUT2D eigenvalue weighted by Gasteiger charge is 2.60. The van der Waals surface area contributed by atoms with Crippen LogP contribution in [0, 0.1) is 22.7 Å². The second kappa shape index (κ2) is 4.56. The van der Waals surface area contributed by atoms with E-state index in [1.807, 2.05) is 13.8 Å². The molecule has 0 saturated heterocycles. The second-order valence-electron chi connectivity index (χ2n) is 8.54. The molecule has 1 heterocycles. The zero-order valence-electron chi connectivity index (χ0n) is 14.0. The van der Waals surface area contributed by atoms with Crippen molar-refractivity contribution in [1.29, 1.82) is 0 Å². The zero-order chi connectivity index (χ0) is 16.6. The van der Waals surface area contributed by atoms with Crippen LogP contribution in [0.3, 0.4) is 0 Å². The van der Waals surface area contributed by atoms with Gasteiger partial charge in [0, 0.05) is 17.9 Å². The molecule has 4 nitrogen and oxygen atoms in total. The normalized spacial score (nSPS) is 44.5. The topological polar surface area (TPSA) is 63.6 Å². The molecule has 0 aromatic carbocycles. The first-order valence-electron chi connectivity index (χ1n) is 8.57. The number of rotatable bonds is 0. The molecule has 5 unspecified atom stereocenters. The molecular weight excluding hydrogens is 292 g/mol. The summed E-state index contributed by atoms with van der Waals surface area (Å²) in [6.07, 6.45) is 5.87. The molecule has 2 fully saturated rings. The molecule has 4 rings (SSSR count). The summed E-state index contributed by atoms with van der Waals surface area (Å²) in [5.74, 6) is 0.259. The van der Waals surface area contributed by atoms with Crippen LogP contribution in [-0.2, 0) is 14.3 Å². The highest BCUT2D eigenvalue weighted by molar-refractivity contribution is 5.87. The fourth-order valence-corrected chi connectivity index (χ4v) is 5.84. The van der Waals surface area contributed by atoms with E-state index < -0.39 is 11.5 Å². The Morgan fingerprint density at radius 2 is 1.96 bits per heavy atom. The Hall–Kier alpha value is -1.42. The Kier molecular flexibility index (Phi) is 3.00. The number of ether oxygens (including phenoxy) is 1. The van der Waals surface area contributed by atoms with Crippen LogP contribution in [0.1, 0.15) is 46.5 Å². The molecule has 23 heavy (non-hydrogen) atoms. The molecular formula is C19H24O4. The molecule has 2 saturated carbocycles. The predicted molar refractivity (Wildman–Crippen MR) is 84.4 cm³/mol. The van der Waals surface area contributed by atoms with Gasteiger partial charge in [-0.25, -0.2) is 4.79 Å². The minimum atomic E-state index is -0.866. The smallest absolute Gasteiger partial charge is 0.331 e. The lowest BCUT2D eigenvalue weighted by Gasteiger charge is -2.59. The van der Waals surface area contributed by atoms with Gasteiger partial charge >= 0.3 is 5.97 Å². The van der Waals surface area contributed by atoms with E-state index in [9.17, 15) is 14.7 Å². The van der Waals surface area contributed by atoms with Gasteiger partial charge in [-0.1, -0.05) is 32.4 Å². The standard InChI is InChI=1S/C19H24O4/c1-18(2)15-5-4-10-6-11-7-16(21)23-14(11)8-12(10)19(15,3)9-13(20)17(18)22/h6-7,12,14-15,17,22H,4-5,8-9H2,1-3H3. The van der Waals surface area contributed by atoms with E-state index in [0.717, 1.165) is 24.8 Å². The molecule has 124 valence electrons. The van der Waals surface area contributed by atoms with Gasteiger partial charge in [0.15, 0.2) is 5.78 Å². The van der Waals surface area contributed by atoms with Crippen molar-refractivity contribution in [2.24, 2.45) is 22.7 Å². The maximum absolute atomic E-state index is 12.5. The Morgan fingerprint density at radius 3 is 2.70 bits per heavy atom. The van der Waals surface area contributed by atoms with E-state index in [2.05, 4.69) is 13.0 Å². The average molecular weight is 316 g/mol. The molecule has 0 bridgehead atoms. The summed E-state index contributed by atoms with van der Waals surface area (Å²) in [6, 6.07) is 0. The first-order valence-corrected chi connectivity index (χ1v) is 8.57. The molecule has 5 atom stereocenters. The summed E-state index contributed by atoms with van der Waals surface area (Å²) in [6.45, 7) is 6.25. The number of ketones is 1. The lowest BCUT2D eigenvalue weighted by Crippen LogP contribution is -2.59. The monoisotopic (exact) mass is 316 g/mol. The van der Waals surface area contributed by atoms with Crippen molar-refractivity contribution in [1.82, 2.24) is 0 Å². The van der Waals surface area contributed by atoms with Gasteiger partial charge in [-0.3, -0.25) is 4.79 Å². The molecule has 1 aliphatic heterocycles. The SMILES string of the molecule is CC1(C)C(O)C(=O)CC2(C)C3CC4OC(=O)C=C4C=C3CCC12. The van der Waals surface area contributed by atoms with E-state index in [1.165, 1.54) is 5.57 Å². The van der Waals surface area contributed by atoms with Gasteiger partial charge in [-0.2, -0.15) is 0 Å². The lowest BCUT2D eigenvalue weighted by atomic mass is 9.45. The first kappa shape index (κ1) is 15.1. The summed E-state index contributed by atoms with van der Waals surface area (Å²) in [7, 11) is 0. The van der Waals surface area contributed by atoms with E-state index in [-0.39, 0.29) is 29.2 Å². The van der Waals surface area contributed by atoms with Crippen molar-refractivity contribution in [3.63, 3.8) is 0 Å². The number of aliphatic hydroxyl groups excluding tert-OH is 1. The highest BCUT2D eigenvalue weighted by atomic mass is 16.5. The molecule has 3 aliphatic carbocycles. The highest BCUT2D eigenvalue weighted by Crippen LogP contribution is 2.62. The van der Waals surface area contributed by atoms with Crippen LogP contribution in [0.2, 0.25) is 0 Å². The minimum absolute atomic E-state index is 0.0419. The molecule has 0 amide bonds. The number of esters is 1. The number of Topliss-reactive ketones (excluding diaryl/α,β-unsaturated/α-hetero) is 1. The molecule has 4 aliphatic rings. The van der Waals surface area contributed by atoms with E-state index in [1.54, 1.807) is 6.08 Å². The van der Waals surface area contributed by atoms with Crippen molar-refractivity contribution in [3.8, 4) is 0 Å². The van der Waals surface area contributed by atoms with Crippen molar-refractivity contribution < 1.29 is 19.4 Å². The molecule has 1 N–H and O–H groups in total. The number of allylic oxidation sites excluding steroid dienone is 1. The largest absolute Gasteiger partial charge is 0.454 e. The van der Waals surface area contributed by atoms with Crippen LogP contribution in [0.5, 0.6) is 0 Å². The van der Waals surface area contributed by atoms with Crippen LogP contribution in [-0.4, -0.2) is 29.1 Å². The Balaban J connectivity index is 1.75. The summed E-state index contributed by atoms with van der Waals surface area (Å²) >= 11 is 0. The van der Waals surface area contributed by atoms with Crippen LogP contribution in [0.25, 0.3) is 0 Å². The number of carbonyl (C=O) groups excluding carboxylic acids is 2. The van der Waals surface area contributed by atoms with Crippen LogP contribution < -0.4 is 0 Å². The van der Waals surface area contributed by atoms with Crippen molar-refractivity contribution >= 4 is 11.8 Å². The fourth-order valence-electron chi connectivity index (χ4n) is 5.84. The number of hydrogen-bond acceptors (Lipinski definition) is 4. The van der Waals surface area contributed by atoms with Crippen molar-refractivity contribution in [3.05, 3.63) is 23.3 Å². The zero-order valence-corrected chi connectivity index (χ0v) is 14.0. The van der Waals surface area contributed by atoms with Crippen LogP contribution in [0.15, 0.2) is 23.3 Å². The molecule has 0 aromatic heterocycles. The van der Waals surface area contributed by atoms with Gasteiger partial charge in [-0.05, 0) is 42.1 Å². The molecule has 0 spiro atoms. The predicted octanol–water partition coefficient (Wildman–Crippen LogP) is 2.56. The Labute approximate surface area is 136 Å². The van der Waals surface area contributed by atoms with Crippen LogP contribution in [0.4, 0.5) is 0 Å². The van der Waals surface area contributed by atoms with Gasteiger partial charge in [-0.15, -0.1) is 0 Å². The average Bonchev–Trinajstić information content (AvgIpc) is 2.82. The maximum Gasteiger partial charge on any atom is 0.331 e. The summed E-state index contributed by atoms with van der Waals surface area (Å²) in [5, 5.41) is 10.4. The van der Waals surface area contributed by atoms with Crippen LogP contribution >= 0.6 is 0 Å². The van der Waals surface area contributed by atoms with E-state index in [0.29, 0.717) is 12.3 Å². The maximum atomic E-state index is 12.5. The number of hydrogen-bond donors (Lipinski definition) is 1. The van der Waals surface area contributed by atoms with Gasteiger partial charge in [0.1, 0.15) is 12.2 Å². The van der Waals surface area contributed by atoms with Gasteiger partial charge in [0.05, 0.1) is 0 Å². The second-order valence-corrected chi connectivity index (χ2v) is 8.54. The fraction of sp³-hybridized carbons (Fsp3) is 0.684. The van der Waals surface area contributed by atoms with E-state index >= 15 is 0 Å². The summed E-state index contributed by atoms with van der Waals surface area (Å²) < 4.78 is 5.43. The number of carbonyl (C=O) groups is 2. The number of fused-ring (bicyclic) bond motifs is 4.